The van der Waals surface area contributed by atoms with Crippen LogP contribution < -0.4 is 14.4 Å². The van der Waals surface area contributed by atoms with Crippen molar-refractivity contribution in [3.63, 3.8) is 0 Å². The molecule has 1 N–H and O–H groups in total. The Hall–Kier alpha value is -3.37. The molecule has 208 valence electrons. The molecule has 0 spiro atoms. The smallest absolute Gasteiger partial charge is 0.264 e. The Morgan fingerprint density at radius 1 is 0.974 bits per heavy atom. The zero-order valence-electron chi connectivity index (χ0n) is 22.7. The summed E-state index contributed by atoms with van der Waals surface area (Å²) in [5, 5.41) is 2.92. The fraction of sp³-hybridized carbons (Fsp3) is 0.310. The maximum absolute atomic E-state index is 13.9. The summed E-state index contributed by atoms with van der Waals surface area (Å²) < 4.78 is 34.7. The normalized spacial score (nSPS) is 12.4. The summed E-state index contributed by atoms with van der Waals surface area (Å²) >= 11 is 3.37. The number of nitrogens with one attached hydrogen (secondary N) is 1. The minimum absolute atomic E-state index is 0.0542. The lowest BCUT2D eigenvalue weighted by molar-refractivity contribution is -0.140. The maximum Gasteiger partial charge on any atom is 0.264 e. The number of hydrogen-bond donors (Lipinski definition) is 1. The fourth-order valence-electron chi connectivity index (χ4n) is 3.88. The Balaban J connectivity index is 2.03. The summed E-state index contributed by atoms with van der Waals surface area (Å²) in [7, 11) is -2.56. The third-order valence-electron chi connectivity index (χ3n) is 5.88. The number of sulfonamides is 1. The van der Waals surface area contributed by atoms with Crippen molar-refractivity contribution in [1.82, 2.24) is 10.2 Å². The van der Waals surface area contributed by atoms with Crippen LogP contribution in [0.15, 0.2) is 88.2 Å². The molecular formula is C29H34BrN3O5S. The molecule has 10 heteroatoms. The number of ether oxygens (including phenoxy) is 1. The maximum atomic E-state index is 13.9. The molecule has 3 aromatic carbocycles. The highest BCUT2D eigenvalue weighted by molar-refractivity contribution is 9.10. The Labute approximate surface area is 239 Å². The molecule has 3 rings (SSSR count). The number of anilines is 1. The van der Waals surface area contributed by atoms with Gasteiger partial charge >= 0.3 is 0 Å². The van der Waals surface area contributed by atoms with Gasteiger partial charge in [-0.15, -0.1) is 0 Å². The number of nitrogens with zero attached hydrogens (tertiary/aromatic N) is 2. The van der Waals surface area contributed by atoms with E-state index < -0.39 is 34.1 Å². The van der Waals surface area contributed by atoms with E-state index >= 15 is 0 Å². The van der Waals surface area contributed by atoms with E-state index in [0.717, 1.165) is 14.3 Å². The number of carbonyl (C=O) groups is 2. The lowest BCUT2D eigenvalue weighted by Gasteiger charge is -2.33. The Morgan fingerprint density at radius 3 is 2.21 bits per heavy atom. The molecule has 0 radical (unpaired) electrons. The second-order valence-corrected chi connectivity index (χ2v) is 12.9. The second-order valence-electron chi connectivity index (χ2n) is 10.1. The molecule has 0 unspecified atom stereocenters. The Kier molecular flexibility index (Phi) is 9.79. The first-order valence-corrected chi connectivity index (χ1v) is 14.6. The lowest BCUT2D eigenvalue weighted by atomic mass is 10.1. The van der Waals surface area contributed by atoms with Crippen LogP contribution in [0.25, 0.3) is 0 Å². The topological polar surface area (TPSA) is 96.0 Å². The first-order chi connectivity index (χ1) is 18.3. The molecule has 0 saturated carbocycles. The van der Waals surface area contributed by atoms with Crippen LogP contribution in [0.5, 0.6) is 5.75 Å². The van der Waals surface area contributed by atoms with Crippen molar-refractivity contribution in [3.8, 4) is 5.75 Å². The van der Waals surface area contributed by atoms with Crippen LogP contribution in [0.3, 0.4) is 0 Å². The fourth-order valence-corrected chi connectivity index (χ4v) is 5.58. The summed E-state index contributed by atoms with van der Waals surface area (Å²) in [6, 6.07) is 20.9. The molecule has 0 aliphatic carbocycles. The highest BCUT2D eigenvalue weighted by Crippen LogP contribution is 2.26. The van der Waals surface area contributed by atoms with E-state index in [1.807, 2.05) is 26.8 Å². The van der Waals surface area contributed by atoms with Gasteiger partial charge in [-0.2, -0.15) is 0 Å². The standard InChI is InChI=1S/C29H34BrN3O5S/c1-21(28(35)31-29(2,3)4)32(19-22-10-9-11-25(18-22)38-5)27(34)20-33(24-16-14-23(30)15-17-24)39(36,37)26-12-7-6-8-13-26/h6-18,21H,19-20H2,1-5H3,(H,31,35)/t21-/m1/s1. The van der Waals surface area contributed by atoms with E-state index in [1.165, 1.54) is 17.0 Å². The van der Waals surface area contributed by atoms with Crippen molar-refractivity contribution in [2.24, 2.45) is 0 Å². The zero-order valence-corrected chi connectivity index (χ0v) is 25.1. The van der Waals surface area contributed by atoms with Gasteiger partial charge in [0.15, 0.2) is 0 Å². The van der Waals surface area contributed by atoms with Gasteiger partial charge in [-0.1, -0.05) is 46.3 Å². The van der Waals surface area contributed by atoms with E-state index in [4.69, 9.17) is 4.74 Å². The van der Waals surface area contributed by atoms with Crippen LogP contribution >= 0.6 is 15.9 Å². The number of halogens is 1. The van der Waals surface area contributed by atoms with Crippen LogP contribution in [0, 0.1) is 0 Å². The predicted molar refractivity (Wildman–Crippen MR) is 156 cm³/mol. The van der Waals surface area contributed by atoms with E-state index in [-0.39, 0.29) is 17.3 Å². The number of amides is 2. The molecule has 8 nitrogen and oxygen atoms in total. The third-order valence-corrected chi connectivity index (χ3v) is 8.19. The molecule has 0 heterocycles. The minimum Gasteiger partial charge on any atom is -0.497 e. The number of hydrogen-bond acceptors (Lipinski definition) is 5. The van der Waals surface area contributed by atoms with Crippen molar-refractivity contribution in [1.29, 1.82) is 0 Å². The van der Waals surface area contributed by atoms with Crippen LogP contribution in [0.1, 0.15) is 33.3 Å². The lowest BCUT2D eigenvalue weighted by Crippen LogP contribution is -2.54. The average molecular weight is 617 g/mol. The van der Waals surface area contributed by atoms with E-state index in [9.17, 15) is 18.0 Å². The summed E-state index contributed by atoms with van der Waals surface area (Å²) in [6.45, 7) is 6.77. The quantitative estimate of drug-likeness (QED) is 0.347. The molecule has 0 aliphatic heterocycles. The molecule has 1 atom stereocenters. The summed E-state index contributed by atoms with van der Waals surface area (Å²) in [5.74, 6) is -0.272. The number of rotatable bonds is 10. The molecule has 39 heavy (non-hydrogen) atoms. The summed E-state index contributed by atoms with van der Waals surface area (Å²) in [6.07, 6.45) is 0. The van der Waals surface area contributed by atoms with Crippen LogP contribution in [-0.2, 0) is 26.2 Å². The molecular weight excluding hydrogens is 582 g/mol. The van der Waals surface area contributed by atoms with Crippen LogP contribution in [0.2, 0.25) is 0 Å². The molecule has 0 aliphatic rings. The molecule has 0 saturated heterocycles. The summed E-state index contributed by atoms with van der Waals surface area (Å²) in [5.41, 5.74) is 0.540. The van der Waals surface area contributed by atoms with Gasteiger partial charge in [0.05, 0.1) is 17.7 Å². The van der Waals surface area contributed by atoms with Gasteiger partial charge in [-0.05, 0) is 81.8 Å². The first kappa shape index (κ1) is 30.2. The van der Waals surface area contributed by atoms with E-state index in [2.05, 4.69) is 21.2 Å². The molecule has 0 fully saturated rings. The van der Waals surface area contributed by atoms with Crippen molar-refractivity contribution in [2.45, 2.75) is 50.7 Å². The molecule has 3 aromatic rings. The van der Waals surface area contributed by atoms with Crippen molar-refractivity contribution in [3.05, 3.63) is 88.9 Å². The number of carbonyl (C=O) groups excluding carboxylic acids is 2. The largest absolute Gasteiger partial charge is 0.497 e. The highest BCUT2D eigenvalue weighted by Gasteiger charge is 2.33. The van der Waals surface area contributed by atoms with E-state index in [1.54, 1.807) is 74.7 Å². The van der Waals surface area contributed by atoms with Gasteiger partial charge in [-0.25, -0.2) is 8.42 Å². The van der Waals surface area contributed by atoms with Crippen molar-refractivity contribution >= 4 is 43.5 Å². The van der Waals surface area contributed by atoms with Crippen molar-refractivity contribution < 1.29 is 22.7 Å². The van der Waals surface area contributed by atoms with Gasteiger partial charge < -0.3 is 15.0 Å². The zero-order chi connectivity index (χ0) is 28.8. The second kappa shape index (κ2) is 12.7. The molecule has 0 bridgehead atoms. The monoisotopic (exact) mass is 615 g/mol. The Bertz CT molecular complexity index is 1390. The molecule has 2 amide bonds. The van der Waals surface area contributed by atoms with Crippen LogP contribution in [0.4, 0.5) is 5.69 Å². The van der Waals surface area contributed by atoms with Gasteiger partial charge in [0.25, 0.3) is 10.0 Å². The van der Waals surface area contributed by atoms with Crippen molar-refractivity contribution in [2.75, 3.05) is 18.0 Å². The SMILES string of the molecule is COc1cccc(CN(C(=O)CN(c2ccc(Br)cc2)S(=O)(=O)c2ccccc2)[C@H](C)C(=O)NC(C)(C)C)c1. The summed E-state index contributed by atoms with van der Waals surface area (Å²) in [4.78, 5) is 28.5. The van der Waals surface area contributed by atoms with Gasteiger partial charge in [0.1, 0.15) is 18.3 Å². The minimum atomic E-state index is -4.10. The van der Waals surface area contributed by atoms with Gasteiger partial charge in [-0.3, -0.25) is 13.9 Å². The first-order valence-electron chi connectivity index (χ1n) is 12.4. The van der Waals surface area contributed by atoms with Crippen LogP contribution in [-0.4, -0.2) is 50.4 Å². The number of methoxy groups -OCH3 is 1. The molecule has 0 aromatic heterocycles. The average Bonchev–Trinajstić information content (AvgIpc) is 2.90. The number of benzene rings is 3. The Morgan fingerprint density at radius 2 is 1.62 bits per heavy atom. The predicted octanol–water partition coefficient (Wildman–Crippen LogP) is 4.99. The highest BCUT2D eigenvalue weighted by atomic mass is 79.9. The third kappa shape index (κ3) is 8.06. The van der Waals surface area contributed by atoms with E-state index in [0.29, 0.717) is 11.4 Å². The van der Waals surface area contributed by atoms with Gasteiger partial charge in [0, 0.05) is 16.6 Å². The van der Waals surface area contributed by atoms with Gasteiger partial charge in [0.2, 0.25) is 11.8 Å².